The highest BCUT2D eigenvalue weighted by molar-refractivity contribution is 7.09. The summed E-state index contributed by atoms with van der Waals surface area (Å²) in [6.07, 6.45) is 3.45. The molecule has 6 heteroatoms. The molecule has 0 radical (unpaired) electrons. The number of anilines is 1. The van der Waals surface area contributed by atoms with Crippen LogP contribution in [0.2, 0.25) is 0 Å². The first-order chi connectivity index (χ1) is 9.15. The van der Waals surface area contributed by atoms with Crippen LogP contribution in [-0.2, 0) is 0 Å². The highest BCUT2D eigenvalue weighted by Gasteiger charge is 2.08. The largest absolute Gasteiger partial charge is 0.475 e. The molecule has 0 aliphatic heterocycles. The first-order valence-corrected chi connectivity index (χ1v) is 7.15. The molecule has 5 nitrogen and oxygen atoms in total. The molecular weight excluding hydrogens is 260 g/mol. The molecule has 0 bridgehead atoms. The van der Waals surface area contributed by atoms with E-state index < -0.39 is 0 Å². The van der Waals surface area contributed by atoms with Gasteiger partial charge < -0.3 is 10.1 Å². The van der Waals surface area contributed by atoms with Crippen molar-refractivity contribution in [1.29, 1.82) is 0 Å². The fourth-order valence-electron chi connectivity index (χ4n) is 1.56. The van der Waals surface area contributed by atoms with E-state index in [2.05, 4.69) is 27.2 Å². The van der Waals surface area contributed by atoms with E-state index in [9.17, 15) is 0 Å². The minimum atomic E-state index is 0.108. The number of hydrogen-bond acceptors (Lipinski definition) is 6. The van der Waals surface area contributed by atoms with Crippen LogP contribution >= 0.6 is 11.3 Å². The second kappa shape index (κ2) is 6.47. The van der Waals surface area contributed by atoms with E-state index in [0.717, 1.165) is 17.4 Å². The highest BCUT2D eigenvalue weighted by Crippen LogP contribution is 2.19. The van der Waals surface area contributed by atoms with Crippen molar-refractivity contribution < 1.29 is 4.74 Å². The van der Waals surface area contributed by atoms with Crippen LogP contribution in [0.4, 0.5) is 5.82 Å². The van der Waals surface area contributed by atoms with Gasteiger partial charge in [-0.25, -0.2) is 15.0 Å². The zero-order valence-corrected chi connectivity index (χ0v) is 12.1. The molecule has 2 aromatic rings. The van der Waals surface area contributed by atoms with Crippen LogP contribution in [0.25, 0.3) is 0 Å². The molecular formula is C13H18N4OS. The van der Waals surface area contributed by atoms with Gasteiger partial charge in [-0.05, 0) is 13.8 Å². The maximum absolute atomic E-state index is 5.53. The highest BCUT2D eigenvalue weighted by atomic mass is 32.1. The van der Waals surface area contributed by atoms with Gasteiger partial charge in [0.1, 0.15) is 12.1 Å². The maximum atomic E-state index is 5.53. The van der Waals surface area contributed by atoms with Crippen molar-refractivity contribution in [3.63, 3.8) is 0 Å². The van der Waals surface area contributed by atoms with Crippen LogP contribution in [0.1, 0.15) is 31.7 Å². The number of hydrogen-bond donors (Lipinski definition) is 1. The Morgan fingerprint density at radius 2 is 2.11 bits per heavy atom. The summed E-state index contributed by atoms with van der Waals surface area (Å²) in [5.74, 6) is 1.72. The van der Waals surface area contributed by atoms with Gasteiger partial charge in [-0.15, -0.1) is 11.3 Å². The lowest BCUT2D eigenvalue weighted by Crippen LogP contribution is -2.12. The topological polar surface area (TPSA) is 59.9 Å². The third-order valence-corrected chi connectivity index (χ3v) is 3.47. The Bertz CT molecular complexity index is 501. The molecule has 2 aromatic heterocycles. The minimum absolute atomic E-state index is 0.108. The summed E-state index contributed by atoms with van der Waals surface area (Å²) in [4.78, 5) is 12.6. The summed E-state index contributed by atoms with van der Waals surface area (Å²) in [6.45, 7) is 6.86. The third kappa shape index (κ3) is 4.17. The molecule has 19 heavy (non-hydrogen) atoms. The Labute approximate surface area is 117 Å². The van der Waals surface area contributed by atoms with Gasteiger partial charge in [0.25, 0.3) is 0 Å². The average molecular weight is 278 g/mol. The molecule has 0 saturated carbocycles. The molecule has 0 aliphatic rings. The zero-order chi connectivity index (χ0) is 13.7. The van der Waals surface area contributed by atoms with Gasteiger partial charge in [0.15, 0.2) is 0 Å². The quantitative estimate of drug-likeness (QED) is 0.880. The molecule has 1 N–H and O–H groups in total. The standard InChI is InChI=1S/C13H18N4OS/c1-9(2)18-12-6-11(16-8-17-12)15-7-10(3)13-14-4-5-19-13/h4-6,8-10H,7H2,1-3H3,(H,15,16,17). The van der Waals surface area contributed by atoms with E-state index in [4.69, 9.17) is 4.74 Å². The van der Waals surface area contributed by atoms with Crippen LogP contribution in [0, 0.1) is 0 Å². The van der Waals surface area contributed by atoms with Gasteiger partial charge in [-0.3, -0.25) is 0 Å². The Balaban J connectivity index is 1.92. The van der Waals surface area contributed by atoms with E-state index in [1.54, 1.807) is 11.3 Å². The van der Waals surface area contributed by atoms with Crippen molar-refractivity contribution in [2.75, 3.05) is 11.9 Å². The first-order valence-electron chi connectivity index (χ1n) is 6.27. The van der Waals surface area contributed by atoms with Crippen molar-refractivity contribution in [3.8, 4) is 5.88 Å². The monoisotopic (exact) mass is 278 g/mol. The smallest absolute Gasteiger partial charge is 0.218 e. The maximum Gasteiger partial charge on any atom is 0.218 e. The van der Waals surface area contributed by atoms with Gasteiger partial charge in [0.2, 0.25) is 5.88 Å². The predicted molar refractivity (Wildman–Crippen MR) is 76.8 cm³/mol. The number of ether oxygens (including phenoxy) is 1. The first kappa shape index (κ1) is 13.7. The summed E-state index contributed by atoms with van der Waals surface area (Å²) >= 11 is 1.67. The summed E-state index contributed by atoms with van der Waals surface area (Å²) in [5, 5.41) is 6.40. The molecule has 102 valence electrons. The molecule has 0 spiro atoms. The number of thiazole rings is 1. The van der Waals surface area contributed by atoms with Crippen LogP contribution in [0.15, 0.2) is 24.0 Å². The summed E-state index contributed by atoms with van der Waals surface area (Å²) in [7, 11) is 0. The molecule has 1 atom stereocenters. The van der Waals surface area contributed by atoms with Crippen molar-refractivity contribution in [3.05, 3.63) is 29.0 Å². The number of aromatic nitrogens is 3. The second-order valence-corrected chi connectivity index (χ2v) is 5.49. The molecule has 2 rings (SSSR count). The van der Waals surface area contributed by atoms with E-state index >= 15 is 0 Å². The van der Waals surface area contributed by atoms with Gasteiger partial charge in [0, 0.05) is 30.1 Å². The summed E-state index contributed by atoms with van der Waals surface area (Å²) in [6, 6.07) is 1.81. The molecule has 0 aromatic carbocycles. The SMILES string of the molecule is CC(C)Oc1cc(NCC(C)c2nccs2)ncn1. The Hall–Kier alpha value is -1.69. The van der Waals surface area contributed by atoms with E-state index in [-0.39, 0.29) is 6.10 Å². The second-order valence-electron chi connectivity index (χ2n) is 4.56. The van der Waals surface area contributed by atoms with Crippen LogP contribution < -0.4 is 10.1 Å². The molecule has 0 aliphatic carbocycles. The fraction of sp³-hybridized carbons (Fsp3) is 0.462. The fourth-order valence-corrected chi connectivity index (χ4v) is 2.26. The molecule has 0 fully saturated rings. The van der Waals surface area contributed by atoms with Gasteiger partial charge >= 0.3 is 0 Å². The molecule has 2 heterocycles. The van der Waals surface area contributed by atoms with E-state index in [0.29, 0.717) is 11.8 Å². The Morgan fingerprint density at radius 3 is 2.79 bits per heavy atom. The number of nitrogens with one attached hydrogen (secondary N) is 1. The van der Waals surface area contributed by atoms with Crippen molar-refractivity contribution in [2.45, 2.75) is 32.8 Å². The lowest BCUT2D eigenvalue weighted by molar-refractivity contribution is 0.232. The van der Waals surface area contributed by atoms with E-state index in [1.807, 2.05) is 31.5 Å². The molecule has 0 amide bonds. The van der Waals surface area contributed by atoms with Gasteiger partial charge in [-0.1, -0.05) is 6.92 Å². The van der Waals surface area contributed by atoms with Crippen molar-refractivity contribution in [1.82, 2.24) is 15.0 Å². The summed E-state index contributed by atoms with van der Waals surface area (Å²) < 4.78 is 5.53. The average Bonchev–Trinajstić information content (AvgIpc) is 2.89. The van der Waals surface area contributed by atoms with Crippen molar-refractivity contribution >= 4 is 17.2 Å². The Morgan fingerprint density at radius 1 is 1.26 bits per heavy atom. The third-order valence-electron chi connectivity index (χ3n) is 2.46. The van der Waals surface area contributed by atoms with Gasteiger partial charge in [0.05, 0.1) is 11.1 Å². The van der Waals surface area contributed by atoms with E-state index in [1.165, 1.54) is 6.33 Å². The van der Waals surface area contributed by atoms with Crippen LogP contribution in [0.5, 0.6) is 5.88 Å². The lowest BCUT2D eigenvalue weighted by Gasteiger charge is -2.12. The normalized spacial score (nSPS) is 12.4. The number of rotatable bonds is 6. The van der Waals surface area contributed by atoms with Crippen LogP contribution in [0.3, 0.4) is 0 Å². The van der Waals surface area contributed by atoms with Crippen LogP contribution in [-0.4, -0.2) is 27.6 Å². The Kier molecular flexibility index (Phi) is 4.68. The predicted octanol–water partition coefficient (Wildman–Crippen LogP) is 2.94. The number of nitrogens with zero attached hydrogens (tertiary/aromatic N) is 3. The lowest BCUT2D eigenvalue weighted by atomic mass is 10.2. The van der Waals surface area contributed by atoms with Gasteiger partial charge in [-0.2, -0.15) is 0 Å². The minimum Gasteiger partial charge on any atom is -0.475 e. The van der Waals surface area contributed by atoms with Crippen molar-refractivity contribution in [2.24, 2.45) is 0 Å². The zero-order valence-electron chi connectivity index (χ0n) is 11.3. The molecule has 1 unspecified atom stereocenters. The molecule has 0 saturated heterocycles. The summed E-state index contributed by atoms with van der Waals surface area (Å²) in [5.41, 5.74) is 0.